The molecular weight excluding hydrogens is 468 g/mol. The fraction of sp³-hybridized carbons (Fsp3) is 0.160. The molecule has 3 aromatic rings. The number of hydrogen-bond donors (Lipinski definition) is 2. The third-order valence-corrected chi connectivity index (χ3v) is 6.69. The Balaban J connectivity index is 1.76. The number of benzene rings is 3. The molecule has 2 amide bonds. The lowest BCUT2D eigenvalue weighted by Gasteiger charge is -2.25. The topological polar surface area (TPSA) is 131 Å². The summed E-state index contributed by atoms with van der Waals surface area (Å²) in [5.41, 5.74) is 10.1. The van der Waals surface area contributed by atoms with Crippen LogP contribution in [0.25, 0.3) is 0 Å². The summed E-state index contributed by atoms with van der Waals surface area (Å²) in [5, 5.41) is 3.93. The Kier molecular flexibility index (Phi) is 8.21. The standard InChI is InChI=1S/C25H26N4O5S/c1-18-8-9-19(2)23(14-18)29(35(32,33)22-6-4-3-5-7-22)16-25(31)28-27-15-20-10-12-21(13-11-20)34-17-24(26)30/h3-15H,16-17H2,1-2H3,(H2,26,30)(H,28,31)/b27-15+. The molecule has 35 heavy (non-hydrogen) atoms. The molecule has 9 nitrogen and oxygen atoms in total. The van der Waals surface area contributed by atoms with Gasteiger partial charge in [0.2, 0.25) is 0 Å². The van der Waals surface area contributed by atoms with E-state index in [1.807, 2.05) is 19.1 Å². The van der Waals surface area contributed by atoms with Gasteiger partial charge >= 0.3 is 0 Å². The lowest BCUT2D eigenvalue weighted by atomic mass is 10.1. The highest BCUT2D eigenvalue weighted by Crippen LogP contribution is 2.27. The SMILES string of the molecule is Cc1ccc(C)c(N(CC(=O)N/N=C/c2ccc(OCC(N)=O)cc2)S(=O)(=O)c2ccccc2)c1. The summed E-state index contributed by atoms with van der Waals surface area (Å²) in [6.45, 7) is 2.95. The molecule has 182 valence electrons. The van der Waals surface area contributed by atoms with Gasteiger partial charge in [0.15, 0.2) is 6.61 Å². The first-order chi connectivity index (χ1) is 16.7. The molecule has 3 rings (SSSR count). The van der Waals surface area contributed by atoms with E-state index in [1.54, 1.807) is 55.5 Å². The summed E-state index contributed by atoms with van der Waals surface area (Å²) < 4.78 is 33.1. The van der Waals surface area contributed by atoms with Crippen molar-refractivity contribution in [3.05, 3.63) is 89.5 Å². The fourth-order valence-corrected chi connectivity index (χ4v) is 4.66. The molecule has 0 spiro atoms. The van der Waals surface area contributed by atoms with Crippen LogP contribution in [0.3, 0.4) is 0 Å². The summed E-state index contributed by atoms with van der Waals surface area (Å²) in [6, 6.07) is 20.0. The van der Waals surface area contributed by atoms with Crippen LogP contribution < -0.4 is 20.2 Å². The van der Waals surface area contributed by atoms with Crippen molar-refractivity contribution >= 4 is 33.7 Å². The minimum absolute atomic E-state index is 0.0795. The number of hydrazone groups is 1. The van der Waals surface area contributed by atoms with Crippen LogP contribution in [0, 0.1) is 13.8 Å². The van der Waals surface area contributed by atoms with E-state index in [4.69, 9.17) is 10.5 Å². The number of anilines is 1. The van der Waals surface area contributed by atoms with Crippen molar-refractivity contribution in [2.45, 2.75) is 18.7 Å². The third-order valence-electron chi connectivity index (χ3n) is 4.92. The van der Waals surface area contributed by atoms with Crippen molar-refractivity contribution < 1.29 is 22.7 Å². The molecule has 0 heterocycles. The highest BCUT2D eigenvalue weighted by molar-refractivity contribution is 7.92. The number of aryl methyl sites for hydroxylation is 2. The summed E-state index contributed by atoms with van der Waals surface area (Å²) in [5.74, 6) is -0.731. The largest absolute Gasteiger partial charge is 0.484 e. The van der Waals surface area contributed by atoms with E-state index in [-0.39, 0.29) is 11.5 Å². The molecule has 0 radical (unpaired) electrons. The van der Waals surface area contributed by atoms with Crippen LogP contribution in [0.15, 0.2) is 82.8 Å². The molecule has 0 saturated carbocycles. The van der Waals surface area contributed by atoms with Gasteiger partial charge < -0.3 is 10.5 Å². The predicted octanol–water partition coefficient (Wildman–Crippen LogP) is 2.51. The number of nitrogens with zero attached hydrogens (tertiary/aromatic N) is 2. The van der Waals surface area contributed by atoms with Crippen LogP contribution in [-0.4, -0.2) is 39.6 Å². The van der Waals surface area contributed by atoms with Gasteiger partial charge in [-0.05, 0) is 73.0 Å². The number of sulfonamides is 1. The molecule has 3 N–H and O–H groups in total. The second-order valence-electron chi connectivity index (χ2n) is 7.73. The van der Waals surface area contributed by atoms with E-state index in [9.17, 15) is 18.0 Å². The van der Waals surface area contributed by atoms with E-state index in [1.165, 1.54) is 18.3 Å². The van der Waals surface area contributed by atoms with E-state index in [0.717, 1.165) is 9.87 Å². The molecule has 0 saturated heterocycles. The monoisotopic (exact) mass is 494 g/mol. The zero-order chi connectivity index (χ0) is 25.4. The first-order valence-electron chi connectivity index (χ1n) is 10.6. The Morgan fingerprint density at radius 3 is 2.37 bits per heavy atom. The highest BCUT2D eigenvalue weighted by Gasteiger charge is 2.28. The Labute approximate surface area is 204 Å². The minimum Gasteiger partial charge on any atom is -0.484 e. The Bertz CT molecular complexity index is 1320. The smallest absolute Gasteiger partial charge is 0.264 e. The van der Waals surface area contributed by atoms with Crippen molar-refractivity contribution in [2.24, 2.45) is 10.8 Å². The highest BCUT2D eigenvalue weighted by atomic mass is 32.2. The van der Waals surface area contributed by atoms with Crippen molar-refractivity contribution in [3.8, 4) is 5.75 Å². The van der Waals surface area contributed by atoms with E-state index in [0.29, 0.717) is 22.6 Å². The second-order valence-corrected chi connectivity index (χ2v) is 9.59. The quantitative estimate of drug-likeness (QED) is 0.330. The lowest BCUT2D eigenvalue weighted by molar-refractivity contribution is -0.120. The number of hydrogen-bond acceptors (Lipinski definition) is 6. The fourth-order valence-electron chi connectivity index (χ4n) is 3.16. The maximum atomic E-state index is 13.4. The average Bonchev–Trinajstić information content (AvgIpc) is 2.84. The minimum atomic E-state index is -4.01. The van der Waals surface area contributed by atoms with Gasteiger partial charge in [0, 0.05) is 0 Å². The van der Waals surface area contributed by atoms with Gasteiger partial charge in [-0.1, -0.05) is 30.3 Å². The van der Waals surface area contributed by atoms with Crippen LogP contribution in [0.1, 0.15) is 16.7 Å². The molecule has 10 heteroatoms. The summed E-state index contributed by atoms with van der Waals surface area (Å²) in [7, 11) is -4.01. The van der Waals surface area contributed by atoms with Crippen molar-refractivity contribution in [1.82, 2.24) is 5.43 Å². The van der Waals surface area contributed by atoms with Crippen LogP contribution in [0.5, 0.6) is 5.75 Å². The molecular formula is C25H26N4O5S. The van der Waals surface area contributed by atoms with E-state index in [2.05, 4.69) is 10.5 Å². The molecule has 0 aliphatic heterocycles. The van der Waals surface area contributed by atoms with Gasteiger partial charge in [0.05, 0.1) is 16.8 Å². The maximum absolute atomic E-state index is 13.4. The number of carbonyl (C=O) groups is 2. The van der Waals surface area contributed by atoms with Gasteiger partial charge in [-0.2, -0.15) is 5.10 Å². The molecule has 0 aliphatic carbocycles. The first-order valence-corrected chi connectivity index (χ1v) is 12.1. The maximum Gasteiger partial charge on any atom is 0.264 e. The second kappa shape index (κ2) is 11.3. The molecule has 0 bridgehead atoms. The van der Waals surface area contributed by atoms with Crippen molar-refractivity contribution in [3.63, 3.8) is 0 Å². The van der Waals surface area contributed by atoms with Gasteiger partial charge in [0.1, 0.15) is 12.3 Å². The van der Waals surface area contributed by atoms with Crippen LogP contribution in [0.2, 0.25) is 0 Å². The number of ether oxygens (including phenoxy) is 1. The normalized spacial score (nSPS) is 11.3. The molecule has 0 unspecified atom stereocenters. The Morgan fingerprint density at radius 1 is 1.03 bits per heavy atom. The van der Waals surface area contributed by atoms with Crippen LogP contribution in [-0.2, 0) is 19.6 Å². The first kappa shape index (κ1) is 25.4. The molecule has 3 aromatic carbocycles. The lowest BCUT2D eigenvalue weighted by Crippen LogP contribution is -2.40. The van der Waals surface area contributed by atoms with Crippen molar-refractivity contribution in [2.75, 3.05) is 17.5 Å². The molecule has 0 fully saturated rings. The third kappa shape index (κ3) is 6.90. The molecule has 0 atom stereocenters. The summed E-state index contributed by atoms with van der Waals surface area (Å²) in [6.07, 6.45) is 1.41. The predicted molar refractivity (Wildman–Crippen MR) is 134 cm³/mol. The van der Waals surface area contributed by atoms with Crippen LogP contribution in [0.4, 0.5) is 5.69 Å². The zero-order valence-electron chi connectivity index (χ0n) is 19.3. The summed E-state index contributed by atoms with van der Waals surface area (Å²) >= 11 is 0. The summed E-state index contributed by atoms with van der Waals surface area (Å²) in [4.78, 5) is 23.6. The Hall–Kier alpha value is -4.18. The van der Waals surface area contributed by atoms with Gasteiger partial charge in [-0.25, -0.2) is 13.8 Å². The number of carbonyl (C=O) groups excluding carboxylic acids is 2. The average molecular weight is 495 g/mol. The number of primary amides is 1. The van der Waals surface area contributed by atoms with Gasteiger partial charge in [-0.15, -0.1) is 0 Å². The van der Waals surface area contributed by atoms with Gasteiger partial charge in [-0.3, -0.25) is 13.9 Å². The number of nitrogens with one attached hydrogen (secondary N) is 1. The number of nitrogens with two attached hydrogens (primary N) is 1. The van der Waals surface area contributed by atoms with E-state index >= 15 is 0 Å². The molecule has 0 aromatic heterocycles. The molecule has 0 aliphatic rings. The number of rotatable bonds is 10. The van der Waals surface area contributed by atoms with Crippen LogP contribution >= 0.6 is 0 Å². The van der Waals surface area contributed by atoms with E-state index < -0.39 is 28.4 Å². The zero-order valence-corrected chi connectivity index (χ0v) is 20.2. The van der Waals surface area contributed by atoms with Crippen molar-refractivity contribution in [1.29, 1.82) is 0 Å². The van der Waals surface area contributed by atoms with Gasteiger partial charge in [0.25, 0.3) is 21.8 Å². The Morgan fingerprint density at radius 2 is 1.71 bits per heavy atom. The number of amides is 2.